The lowest BCUT2D eigenvalue weighted by Gasteiger charge is -2.07. The molecule has 2 aromatic carbocycles. The standard InChI is InChI=1S/C17H16F2N2O2S/c18-14-7-6-13(8-15(14)19)21-16(22)9-20-17(23)11-24-10-12-4-2-1-3-5-12/h1-8H,9-11H2,(H,20,23)(H,21,22). The highest BCUT2D eigenvalue weighted by molar-refractivity contribution is 7.99. The Hall–Kier alpha value is -2.41. The number of carbonyl (C=O) groups excluding carboxylic acids is 2. The van der Waals surface area contributed by atoms with Gasteiger partial charge in [0.05, 0.1) is 12.3 Å². The van der Waals surface area contributed by atoms with E-state index < -0.39 is 17.5 Å². The Kier molecular flexibility index (Phi) is 6.74. The van der Waals surface area contributed by atoms with E-state index in [-0.39, 0.29) is 23.9 Å². The van der Waals surface area contributed by atoms with Gasteiger partial charge in [-0.05, 0) is 17.7 Å². The molecule has 4 nitrogen and oxygen atoms in total. The van der Waals surface area contributed by atoms with Gasteiger partial charge in [0.2, 0.25) is 11.8 Å². The minimum atomic E-state index is -1.05. The van der Waals surface area contributed by atoms with E-state index in [4.69, 9.17) is 0 Å². The molecule has 0 spiro atoms. The maximum absolute atomic E-state index is 13.0. The Balaban J connectivity index is 1.67. The first kappa shape index (κ1) is 17.9. The van der Waals surface area contributed by atoms with E-state index in [0.717, 1.165) is 17.7 Å². The van der Waals surface area contributed by atoms with Crippen molar-refractivity contribution in [3.05, 3.63) is 65.7 Å². The summed E-state index contributed by atoms with van der Waals surface area (Å²) in [5.41, 5.74) is 1.25. The second-order valence-corrected chi connectivity index (χ2v) is 5.92. The van der Waals surface area contributed by atoms with Crippen molar-refractivity contribution in [1.29, 1.82) is 0 Å². The summed E-state index contributed by atoms with van der Waals surface area (Å²) < 4.78 is 25.8. The molecule has 0 radical (unpaired) electrons. The average Bonchev–Trinajstić information content (AvgIpc) is 2.57. The third kappa shape index (κ3) is 6.00. The van der Waals surface area contributed by atoms with Crippen molar-refractivity contribution in [3.8, 4) is 0 Å². The van der Waals surface area contributed by atoms with Crippen molar-refractivity contribution >= 4 is 29.3 Å². The number of hydrogen-bond acceptors (Lipinski definition) is 3. The molecule has 0 aliphatic carbocycles. The molecule has 0 aromatic heterocycles. The van der Waals surface area contributed by atoms with Crippen LogP contribution in [0.3, 0.4) is 0 Å². The first-order valence-corrected chi connectivity index (χ1v) is 8.33. The van der Waals surface area contributed by atoms with Crippen molar-refractivity contribution in [2.45, 2.75) is 5.75 Å². The predicted molar refractivity (Wildman–Crippen MR) is 90.6 cm³/mol. The number of nitrogens with one attached hydrogen (secondary N) is 2. The molecular weight excluding hydrogens is 334 g/mol. The smallest absolute Gasteiger partial charge is 0.243 e. The van der Waals surface area contributed by atoms with Gasteiger partial charge in [-0.25, -0.2) is 8.78 Å². The second kappa shape index (κ2) is 9.02. The summed E-state index contributed by atoms with van der Waals surface area (Å²) in [5, 5.41) is 4.86. The van der Waals surface area contributed by atoms with Crippen LogP contribution < -0.4 is 10.6 Å². The van der Waals surface area contributed by atoms with Crippen molar-refractivity contribution < 1.29 is 18.4 Å². The molecule has 2 aromatic rings. The second-order valence-electron chi connectivity index (χ2n) is 4.93. The summed E-state index contributed by atoms with van der Waals surface area (Å²) in [4.78, 5) is 23.3. The minimum absolute atomic E-state index is 0.131. The number of thioether (sulfide) groups is 1. The molecule has 0 fully saturated rings. The third-order valence-corrected chi connectivity index (χ3v) is 4.00. The zero-order chi connectivity index (χ0) is 17.4. The molecule has 0 unspecified atom stereocenters. The van der Waals surface area contributed by atoms with Crippen LogP contribution >= 0.6 is 11.8 Å². The summed E-state index contributed by atoms with van der Waals surface area (Å²) in [6, 6.07) is 12.8. The molecule has 0 atom stereocenters. The third-order valence-electron chi connectivity index (χ3n) is 2.99. The van der Waals surface area contributed by atoms with E-state index in [1.54, 1.807) is 0 Å². The van der Waals surface area contributed by atoms with Crippen LogP contribution in [0, 0.1) is 11.6 Å². The van der Waals surface area contributed by atoms with Gasteiger partial charge in [0.25, 0.3) is 0 Å². The quantitative estimate of drug-likeness (QED) is 0.807. The predicted octanol–water partition coefficient (Wildman–Crippen LogP) is 2.95. The van der Waals surface area contributed by atoms with E-state index in [1.807, 2.05) is 30.3 Å². The molecule has 0 aliphatic heterocycles. The van der Waals surface area contributed by atoms with E-state index in [1.165, 1.54) is 17.8 Å². The van der Waals surface area contributed by atoms with Crippen molar-refractivity contribution in [2.24, 2.45) is 0 Å². The lowest BCUT2D eigenvalue weighted by molar-refractivity contribution is -0.122. The van der Waals surface area contributed by atoms with Crippen molar-refractivity contribution in [3.63, 3.8) is 0 Å². The highest BCUT2D eigenvalue weighted by Gasteiger charge is 2.08. The van der Waals surface area contributed by atoms with E-state index >= 15 is 0 Å². The van der Waals surface area contributed by atoms with Gasteiger partial charge in [-0.15, -0.1) is 11.8 Å². The van der Waals surface area contributed by atoms with Crippen LogP contribution in [0.2, 0.25) is 0 Å². The van der Waals surface area contributed by atoms with Gasteiger partial charge >= 0.3 is 0 Å². The molecule has 7 heteroatoms. The van der Waals surface area contributed by atoms with Crippen LogP contribution in [0.5, 0.6) is 0 Å². The Morgan fingerprint density at radius 3 is 2.42 bits per heavy atom. The molecule has 0 heterocycles. The van der Waals surface area contributed by atoms with E-state index in [0.29, 0.717) is 5.75 Å². The van der Waals surface area contributed by atoms with Crippen molar-refractivity contribution in [1.82, 2.24) is 5.32 Å². The molecule has 0 saturated heterocycles. The Morgan fingerprint density at radius 1 is 0.958 bits per heavy atom. The zero-order valence-electron chi connectivity index (χ0n) is 12.7. The number of carbonyl (C=O) groups is 2. The number of halogens is 2. The van der Waals surface area contributed by atoms with Gasteiger partial charge in [-0.3, -0.25) is 9.59 Å². The molecular formula is C17H16F2N2O2S. The van der Waals surface area contributed by atoms with Crippen LogP contribution in [0.4, 0.5) is 14.5 Å². The van der Waals surface area contributed by atoms with Gasteiger partial charge < -0.3 is 10.6 Å². The highest BCUT2D eigenvalue weighted by Crippen LogP contribution is 2.13. The van der Waals surface area contributed by atoms with E-state index in [9.17, 15) is 18.4 Å². The first-order chi connectivity index (χ1) is 11.5. The van der Waals surface area contributed by atoms with Crippen LogP contribution in [-0.4, -0.2) is 24.1 Å². The number of rotatable bonds is 7. The molecule has 2 amide bonds. The fourth-order valence-corrected chi connectivity index (χ4v) is 2.66. The largest absolute Gasteiger partial charge is 0.346 e. The Labute approximate surface area is 142 Å². The molecule has 126 valence electrons. The molecule has 2 rings (SSSR count). The maximum Gasteiger partial charge on any atom is 0.243 e. The number of amides is 2. The van der Waals surface area contributed by atoms with Crippen LogP contribution in [0.25, 0.3) is 0 Å². The number of anilines is 1. The summed E-state index contributed by atoms with van der Waals surface area (Å²) in [7, 11) is 0. The summed E-state index contributed by atoms with van der Waals surface area (Å²) in [5.74, 6) is -1.88. The number of benzene rings is 2. The topological polar surface area (TPSA) is 58.2 Å². The van der Waals surface area contributed by atoms with Crippen molar-refractivity contribution in [2.75, 3.05) is 17.6 Å². The SMILES string of the molecule is O=C(CSCc1ccccc1)NCC(=O)Nc1ccc(F)c(F)c1. The first-order valence-electron chi connectivity index (χ1n) is 7.18. The van der Waals surface area contributed by atoms with E-state index in [2.05, 4.69) is 10.6 Å². The van der Waals surface area contributed by atoms with Gasteiger partial charge in [-0.1, -0.05) is 30.3 Å². The Bertz CT molecular complexity index is 711. The van der Waals surface area contributed by atoms with Gasteiger partial charge in [0.15, 0.2) is 11.6 Å². The lowest BCUT2D eigenvalue weighted by Crippen LogP contribution is -2.33. The monoisotopic (exact) mass is 350 g/mol. The van der Waals surface area contributed by atoms with Gasteiger partial charge in [-0.2, -0.15) is 0 Å². The van der Waals surface area contributed by atoms with Crippen LogP contribution in [0.15, 0.2) is 48.5 Å². The molecule has 0 aliphatic rings. The van der Waals surface area contributed by atoms with Gasteiger partial charge in [0, 0.05) is 17.5 Å². The molecule has 24 heavy (non-hydrogen) atoms. The molecule has 0 saturated carbocycles. The highest BCUT2D eigenvalue weighted by atomic mass is 32.2. The number of hydrogen-bond donors (Lipinski definition) is 2. The summed E-state index contributed by atoms with van der Waals surface area (Å²) in [6.45, 7) is -0.232. The van der Waals surface area contributed by atoms with Crippen LogP contribution in [-0.2, 0) is 15.3 Å². The fraction of sp³-hybridized carbons (Fsp3) is 0.176. The molecule has 0 bridgehead atoms. The minimum Gasteiger partial charge on any atom is -0.346 e. The van der Waals surface area contributed by atoms with Crippen LogP contribution in [0.1, 0.15) is 5.56 Å². The fourth-order valence-electron chi connectivity index (χ4n) is 1.84. The van der Waals surface area contributed by atoms with Gasteiger partial charge in [0.1, 0.15) is 0 Å². The Morgan fingerprint density at radius 2 is 1.71 bits per heavy atom. The average molecular weight is 350 g/mol. The zero-order valence-corrected chi connectivity index (χ0v) is 13.5. The maximum atomic E-state index is 13.0. The normalized spacial score (nSPS) is 10.2. The molecule has 2 N–H and O–H groups in total. The summed E-state index contributed by atoms with van der Waals surface area (Å²) >= 11 is 1.44. The lowest BCUT2D eigenvalue weighted by atomic mass is 10.2. The summed E-state index contributed by atoms with van der Waals surface area (Å²) in [6.07, 6.45) is 0.